The van der Waals surface area contributed by atoms with E-state index in [1.165, 1.54) is 13.2 Å². The molecule has 0 amide bonds. The van der Waals surface area contributed by atoms with Gasteiger partial charge >= 0.3 is 18.1 Å². The second-order valence-electron chi connectivity index (χ2n) is 6.43. The van der Waals surface area contributed by atoms with Crippen molar-refractivity contribution in [2.45, 2.75) is 54.7 Å². The molecule has 1 aliphatic heterocycles. The van der Waals surface area contributed by atoms with Crippen LogP contribution >= 0.6 is 27.7 Å². The number of carbonyl (C=O) groups is 2. The zero-order valence-electron chi connectivity index (χ0n) is 16.9. The second-order valence-corrected chi connectivity index (χ2v) is 8.49. The Hall–Kier alpha value is -2.06. The summed E-state index contributed by atoms with van der Waals surface area (Å²) >= 11 is 3.72. The minimum Gasteiger partial charge on any atom is -0.463 e. The summed E-state index contributed by atoms with van der Waals surface area (Å²) < 4.78 is 62.0. The Morgan fingerprint density at radius 3 is 2.56 bits per heavy atom. The molecule has 0 aliphatic carbocycles. The van der Waals surface area contributed by atoms with Gasteiger partial charge in [0, 0.05) is 41.4 Å². The number of azide groups is 1. The largest absolute Gasteiger partial charge is 0.463 e. The minimum atomic E-state index is -4.75. The minimum absolute atomic E-state index is 0.282. The van der Waals surface area contributed by atoms with Crippen molar-refractivity contribution >= 4 is 39.6 Å². The fourth-order valence-electron chi connectivity index (χ4n) is 2.95. The van der Waals surface area contributed by atoms with E-state index in [-0.39, 0.29) is 4.90 Å². The van der Waals surface area contributed by atoms with Crippen molar-refractivity contribution in [2.24, 2.45) is 5.11 Å². The molecular weight excluding hydrogens is 525 g/mol. The van der Waals surface area contributed by atoms with Crippen LogP contribution in [0.2, 0.25) is 0 Å². The van der Waals surface area contributed by atoms with Gasteiger partial charge in [-0.3, -0.25) is 9.59 Å². The normalized spacial score (nSPS) is 25.5. The molecule has 1 aromatic rings. The molecule has 1 aromatic heterocycles. The summed E-state index contributed by atoms with van der Waals surface area (Å²) in [5.74, 6) is -1.40. The molecule has 0 radical (unpaired) electrons. The number of aromatic nitrogens is 1. The van der Waals surface area contributed by atoms with Crippen LogP contribution in [0.5, 0.6) is 0 Å². The SMILES string of the molecule is CO[C@@H]1[C@@H](N=[N+]=[N-])[C@@H](OC(C)=O)[C@@H](COC(C)=O)O[C@@H]1Sc1cc(Br)cnc1C(F)(F)F. The standard InChI is InChI=1S/C17H18BrF3N4O6S/c1-7(26)29-6-10-13(30-8(2)27)12(24-25-22)14(28-3)16(31-10)32-11-4-9(18)5-23-15(11)17(19,20)21/h4-5,10,12-14,16H,6H2,1-3H3/t10-,12+,13+,14-,16-/m1/s1. The lowest BCUT2D eigenvalue weighted by Crippen LogP contribution is -2.59. The van der Waals surface area contributed by atoms with Gasteiger partial charge in [-0.05, 0) is 27.5 Å². The van der Waals surface area contributed by atoms with Gasteiger partial charge in [0.05, 0.1) is 0 Å². The Balaban J connectivity index is 2.48. The third-order valence-corrected chi connectivity index (χ3v) is 5.77. The molecule has 5 atom stereocenters. The number of ether oxygens (including phenoxy) is 4. The molecule has 0 N–H and O–H groups in total. The maximum Gasteiger partial charge on any atom is 0.434 e. The highest BCUT2D eigenvalue weighted by molar-refractivity contribution is 9.10. The molecule has 0 unspecified atom stereocenters. The molecule has 1 saturated heterocycles. The Morgan fingerprint density at radius 1 is 1.34 bits per heavy atom. The lowest BCUT2D eigenvalue weighted by molar-refractivity contribution is -0.196. The van der Waals surface area contributed by atoms with Crippen molar-refractivity contribution in [3.05, 3.63) is 32.9 Å². The summed E-state index contributed by atoms with van der Waals surface area (Å²) in [5, 5.41) is 3.63. The molecule has 176 valence electrons. The van der Waals surface area contributed by atoms with Gasteiger partial charge in [0.1, 0.15) is 36.4 Å². The number of nitrogens with zero attached hydrogens (tertiary/aromatic N) is 4. The summed E-state index contributed by atoms with van der Waals surface area (Å²) in [4.78, 5) is 28.8. The van der Waals surface area contributed by atoms with E-state index in [0.717, 1.165) is 20.0 Å². The van der Waals surface area contributed by atoms with Crippen LogP contribution in [-0.2, 0) is 34.7 Å². The van der Waals surface area contributed by atoms with E-state index >= 15 is 0 Å². The number of methoxy groups -OCH3 is 1. The van der Waals surface area contributed by atoms with Crippen molar-refractivity contribution in [3.63, 3.8) is 0 Å². The topological polar surface area (TPSA) is 133 Å². The van der Waals surface area contributed by atoms with Gasteiger partial charge < -0.3 is 18.9 Å². The van der Waals surface area contributed by atoms with Crippen molar-refractivity contribution in [1.82, 2.24) is 4.98 Å². The zero-order valence-corrected chi connectivity index (χ0v) is 19.3. The van der Waals surface area contributed by atoms with Gasteiger partial charge in [-0.25, -0.2) is 4.98 Å². The number of hydrogen-bond acceptors (Lipinski definition) is 9. The molecule has 0 spiro atoms. The molecule has 2 rings (SSSR count). The highest BCUT2D eigenvalue weighted by Gasteiger charge is 2.49. The van der Waals surface area contributed by atoms with Crippen LogP contribution in [0, 0.1) is 0 Å². The lowest BCUT2D eigenvalue weighted by atomic mass is 9.97. The zero-order chi connectivity index (χ0) is 24.1. The van der Waals surface area contributed by atoms with Crippen LogP contribution in [0.4, 0.5) is 13.2 Å². The Morgan fingerprint density at radius 2 is 2.03 bits per heavy atom. The van der Waals surface area contributed by atoms with E-state index in [1.807, 2.05) is 0 Å². The average Bonchev–Trinajstić information content (AvgIpc) is 2.67. The van der Waals surface area contributed by atoms with Crippen molar-refractivity contribution < 1.29 is 41.7 Å². The molecule has 15 heteroatoms. The molecule has 32 heavy (non-hydrogen) atoms. The molecule has 2 heterocycles. The molecule has 0 saturated carbocycles. The Kier molecular flexibility index (Phi) is 9.16. The molecule has 10 nitrogen and oxygen atoms in total. The number of hydrogen-bond donors (Lipinski definition) is 0. The number of alkyl halides is 3. The first-order valence-electron chi connectivity index (χ1n) is 8.90. The van der Waals surface area contributed by atoms with Gasteiger partial charge in [-0.1, -0.05) is 16.9 Å². The molecule has 0 aromatic carbocycles. The van der Waals surface area contributed by atoms with Crippen molar-refractivity contribution in [3.8, 4) is 0 Å². The molecule has 1 aliphatic rings. The van der Waals surface area contributed by atoms with Crippen molar-refractivity contribution in [1.29, 1.82) is 0 Å². The third-order valence-electron chi connectivity index (χ3n) is 4.16. The first-order chi connectivity index (χ1) is 15.0. The number of pyridine rings is 1. The van der Waals surface area contributed by atoms with E-state index in [2.05, 4.69) is 30.9 Å². The summed E-state index contributed by atoms with van der Waals surface area (Å²) in [5.41, 5.74) is 6.70. The monoisotopic (exact) mass is 542 g/mol. The fourth-order valence-corrected chi connectivity index (χ4v) is 4.76. The van der Waals surface area contributed by atoms with Crippen LogP contribution in [-0.4, -0.2) is 60.4 Å². The van der Waals surface area contributed by atoms with E-state index < -0.39 is 60.2 Å². The number of rotatable bonds is 7. The van der Waals surface area contributed by atoms with Gasteiger partial charge in [0.15, 0.2) is 5.69 Å². The summed E-state index contributed by atoms with van der Waals surface area (Å²) in [6.45, 7) is 1.85. The fraction of sp³-hybridized carbons (Fsp3) is 0.588. The first-order valence-corrected chi connectivity index (χ1v) is 10.6. The smallest absolute Gasteiger partial charge is 0.434 e. The van der Waals surface area contributed by atoms with Gasteiger partial charge in [0.2, 0.25) is 0 Å². The quantitative estimate of drug-likeness (QED) is 0.219. The molecule has 1 fully saturated rings. The summed E-state index contributed by atoms with van der Waals surface area (Å²) in [6, 6.07) is 0.0217. The predicted molar refractivity (Wildman–Crippen MR) is 107 cm³/mol. The number of esters is 2. The Bertz CT molecular complexity index is 902. The van der Waals surface area contributed by atoms with E-state index in [4.69, 9.17) is 24.5 Å². The van der Waals surface area contributed by atoms with Gasteiger partial charge in [-0.2, -0.15) is 13.2 Å². The highest BCUT2D eigenvalue weighted by atomic mass is 79.9. The van der Waals surface area contributed by atoms with E-state index in [9.17, 15) is 22.8 Å². The van der Waals surface area contributed by atoms with Crippen LogP contribution in [0.15, 0.2) is 26.7 Å². The average molecular weight is 543 g/mol. The third kappa shape index (κ3) is 6.72. The lowest BCUT2D eigenvalue weighted by Gasteiger charge is -2.43. The first kappa shape index (κ1) is 26.2. The van der Waals surface area contributed by atoms with E-state index in [1.54, 1.807) is 0 Å². The van der Waals surface area contributed by atoms with Crippen LogP contribution < -0.4 is 0 Å². The Labute approximate surface area is 192 Å². The van der Waals surface area contributed by atoms with Crippen LogP contribution in [0.1, 0.15) is 19.5 Å². The second kappa shape index (κ2) is 11.2. The number of carbonyl (C=O) groups excluding carboxylic acids is 2. The summed E-state index contributed by atoms with van der Waals surface area (Å²) in [6.07, 6.45) is -7.22. The number of thioether (sulfide) groups is 1. The molecule has 0 bridgehead atoms. The highest BCUT2D eigenvalue weighted by Crippen LogP contribution is 2.42. The summed E-state index contributed by atoms with van der Waals surface area (Å²) in [7, 11) is 1.24. The number of halogens is 4. The molecular formula is C17H18BrF3N4O6S. The van der Waals surface area contributed by atoms with E-state index in [0.29, 0.717) is 16.2 Å². The van der Waals surface area contributed by atoms with Gasteiger partial charge in [0.25, 0.3) is 0 Å². The maximum absolute atomic E-state index is 13.5. The maximum atomic E-state index is 13.5. The van der Waals surface area contributed by atoms with Crippen molar-refractivity contribution in [2.75, 3.05) is 13.7 Å². The van der Waals surface area contributed by atoms with Crippen LogP contribution in [0.3, 0.4) is 0 Å². The van der Waals surface area contributed by atoms with Crippen LogP contribution in [0.25, 0.3) is 10.4 Å². The predicted octanol–water partition coefficient (Wildman–Crippen LogP) is 3.87. The van der Waals surface area contributed by atoms with Gasteiger partial charge in [-0.15, -0.1) is 0 Å².